The average molecular weight is 244 g/mol. The summed E-state index contributed by atoms with van der Waals surface area (Å²) in [5, 5.41) is 12.0. The molecule has 1 unspecified atom stereocenters. The van der Waals surface area contributed by atoms with Crippen LogP contribution in [0.2, 0.25) is 0 Å². The summed E-state index contributed by atoms with van der Waals surface area (Å²) in [6, 6.07) is 9.72. The van der Waals surface area contributed by atoms with Crippen LogP contribution in [0, 0.1) is 5.41 Å². The number of rotatable bonds is 2. The van der Waals surface area contributed by atoms with Crippen molar-refractivity contribution >= 4 is 10.9 Å². The second-order valence-corrected chi connectivity index (χ2v) is 5.70. The fourth-order valence-electron chi connectivity index (χ4n) is 2.26. The maximum Gasteiger partial charge on any atom is 0.109 e. The molecule has 0 fully saturated rings. The predicted molar refractivity (Wildman–Crippen MR) is 74.1 cm³/mol. The molecule has 0 spiro atoms. The summed E-state index contributed by atoms with van der Waals surface area (Å²) in [4.78, 5) is 4.39. The number of benzene rings is 1. The first-order chi connectivity index (χ1) is 8.40. The number of para-hydroxylation sites is 1. The van der Waals surface area contributed by atoms with Gasteiger partial charge in [0, 0.05) is 23.7 Å². The number of nitrogens with two attached hydrogens (primary N) is 1. The number of pyridine rings is 1. The smallest absolute Gasteiger partial charge is 0.109 e. The maximum absolute atomic E-state index is 11.0. The van der Waals surface area contributed by atoms with Crippen molar-refractivity contribution in [2.24, 2.45) is 11.1 Å². The topological polar surface area (TPSA) is 59.1 Å². The van der Waals surface area contributed by atoms with Gasteiger partial charge in [-0.25, -0.2) is 0 Å². The van der Waals surface area contributed by atoms with Crippen LogP contribution in [0.15, 0.2) is 36.5 Å². The van der Waals surface area contributed by atoms with Crippen LogP contribution >= 0.6 is 0 Å². The van der Waals surface area contributed by atoms with E-state index < -0.39 is 5.60 Å². The van der Waals surface area contributed by atoms with E-state index in [9.17, 15) is 5.11 Å². The van der Waals surface area contributed by atoms with Crippen LogP contribution in [-0.4, -0.2) is 16.6 Å². The minimum absolute atomic E-state index is 0.173. The van der Waals surface area contributed by atoms with Crippen molar-refractivity contribution in [1.29, 1.82) is 0 Å². The standard InChI is InChI=1S/C15H20N2O/c1-14(2,3)15(18,10-16)12-8-4-6-11-7-5-9-17-13(11)12/h4-9,18H,10,16H2,1-3H3. The highest BCUT2D eigenvalue weighted by atomic mass is 16.3. The Bertz CT molecular complexity index is 554. The lowest BCUT2D eigenvalue weighted by Crippen LogP contribution is -2.46. The van der Waals surface area contributed by atoms with E-state index in [0.717, 1.165) is 16.5 Å². The van der Waals surface area contributed by atoms with Crippen LogP contribution in [0.5, 0.6) is 0 Å². The van der Waals surface area contributed by atoms with Gasteiger partial charge in [0.2, 0.25) is 0 Å². The van der Waals surface area contributed by atoms with Gasteiger partial charge < -0.3 is 10.8 Å². The number of aliphatic hydroxyl groups is 1. The Balaban J connectivity index is 2.74. The Kier molecular flexibility index (Phi) is 3.13. The van der Waals surface area contributed by atoms with E-state index >= 15 is 0 Å². The largest absolute Gasteiger partial charge is 0.383 e. The molecule has 0 aliphatic carbocycles. The van der Waals surface area contributed by atoms with E-state index in [4.69, 9.17) is 5.73 Å². The minimum atomic E-state index is -1.08. The molecule has 1 atom stereocenters. The van der Waals surface area contributed by atoms with Crippen molar-refractivity contribution in [3.8, 4) is 0 Å². The van der Waals surface area contributed by atoms with E-state index in [0.29, 0.717) is 0 Å². The molecular weight excluding hydrogens is 224 g/mol. The number of hydrogen-bond donors (Lipinski definition) is 2. The molecule has 0 aliphatic heterocycles. The summed E-state index contributed by atoms with van der Waals surface area (Å²) in [6.45, 7) is 6.14. The van der Waals surface area contributed by atoms with E-state index in [-0.39, 0.29) is 12.0 Å². The summed E-state index contributed by atoms with van der Waals surface area (Å²) in [5.41, 5.74) is 6.03. The minimum Gasteiger partial charge on any atom is -0.383 e. The maximum atomic E-state index is 11.0. The third kappa shape index (κ3) is 1.89. The number of aromatic nitrogens is 1. The third-order valence-corrected chi connectivity index (χ3v) is 3.61. The van der Waals surface area contributed by atoms with E-state index in [1.165, 1.54) is 0 Å². The fourth-order valence-corrected chi connectivity index (χ4v) is 2.26. The van der Waals surface area contributed by atoms with Crippen molar-refractivity contribution in [3.05, 3.63) is 42.1 Å². The molecule has 96 valence electrons. The second kappa shape index (κ2) is 4.34. The lowest BCUT2D eigenvalue weighted by atomic mass is 9.71. The van der Waals surface area contributed by atoms with Crippen LogP contribution in [0.1, 0.15) is 26.3 Å². The fraction of sp³-hybridized carbons (Fsp3) is 0.400. The van der Waals surface area contributed by atoms with Crippen molar-refractivity contribution in [2.75, 3.05) is 6.54 Å². The van der Waals surface area contributed by atoms with Gasteiger partial charge in [0.15, 0.2) is 0 Å². The summed E-state index contributed by atoms with van der Waals surface area (Å²) >= 11 is 0. The molecule has 0 radical (unpaired) electrons. The monoisotopic (exact) mass is 244 g/mol. The first-order valence-corrected chi connectivity index (χ1v) is 6.17. The molecule has 0 aliphatic rings. The highest BCUT2D eigenvalue weighted by molar-refractivity contribution is 5.82. The Morgan fingerprint density at radius 3 is 2.44 bits per heavy atom. The predicted octanol–water partition coefficient (Wildman–Crippen LogP) is 2.43. The van der Waals surface area contributed by atoms with Gasteiger partial charge >= 0.3 is 0 Å². The van der Waals surface area contributed by atoms with Gasteiger partial charge in [-0.2, -0.15) is 0 Å². The average Bonchev–Trinajstić information content (AvgIpc) is 2.35. The molecule has 3 heteroatoms. The first kappa shape index (κ1) is 13.0. The summed E-state index contributed by atoms with van der Waals surface area (Å²) in [7, 11) is 0. The van der Waals surface area contributed by atoms with Crippen LogP contribution < -0.4 is 5.73 Å². The lowest BCUT2D eigenvalue weighted by Gasteiger charge is -2.40. The Labute approximate surface area is 108 Å². The van der Waals surface area contributed by atoms with E-state index in [2.05, 4.69) is 4.98 Å². The molecule has 1 heterocycles. The van der Waals surface area contributed by atoms with Crippen molar-refractivity contribution in [1.82, 2.24) is 4.98 Å². The quantitative estimate of drug-likeness (QED) is 0.853. The van der Waals surface area contributed by atoms with Crippen LogP contribution in [0.4, 0.5) is 0 Å². The molecule has 0 bridgehead atoms. The zero-order valence-electron chi connectivity index (χ0n) is 11.1. The van der Waals surface area contributed by atoms with E-state index in [1.54, 1.807) is 6.20 Å². The summed E-state index contributed by atoms with van der Waals surface area (Å²) < 4.78 is 0. The number of nitrogens with zero attached hydrogens (tertiary/aromatic N) is 1. The van der Waals surface area contributed by atoms with Gasteiger partial charge in [-0.1, -0.05) is 45.0 Å². The van der Waals surface area contributed by atoms with Crippen molar-refractivity contribution in [2.45, 2.75) is 26.4 Å². The van der Waals surface area contributed by atoms with Gasteiger partial charge in [0.1, 0.15) is 5.60 Å². The molecule has 1 aromatic heterocycles. The van der Waals surface area contributed by atoms with E-state index in [1.807, 2.05) is 51.1 Å². The number of fused-ring (bicyclic) bond motifs is 1. The molecule has 3 nitrogen and oxygen atoms in total. The molecule has 1 aromatic carbocycles. The zero-order valence-corrected chi connectivity index (χ0v) is 11.1. The van der Waals surface area contributed by atoms with Crippen LogP contribution in [0.3, 0.4) is 0 Å². The van der Waals surface area contributed by atoms with Crippen molar-refractivity contribution in [3.63, 3.8) is 0 Å². The molecule has 3 N–H and O–H groups in total. The normalized spacial score (nSPS) is 15.6. The Morgan fingerprint density at radius 2 is 1.83 bits per heavy atom. The number of hydrogen-bond acceptors (Lipinski definition) is 3. The molecule has 0 amide bonds. The van der Waals surface area contributed by atoms with Gasteiger partial charge in [-0.3, -0.25) is 4.98 Å². The van der Waals surface area contributed by atoms with Gasteiger partial charge in [0.25, 0.3) is 0 Å². The Morgan fingerprint density at radius 1 is 1.17 bits per heavy atom. The van der Waals surface area contributed by atoms with Gasteiger partial charge in [-0.05, 0) is 11.5 Å². The third-order valence-electron chi connectivity index (χ3n) is 3.61. The highest BCUT2D eigenvalue weighted by Crippen LogP contribution is 2.40. The van der Waals surface area contributed by atoms with Crippen LogP contribution in [-0.2, 0) is 5.60 Å². The van der Waals surface area contributed by atoms with Crippen molar-refractivity contribution < 1.29 is 5.11 Å². The zero-order chi connectivity index (χ0) is 13.4. The molecule has 0 saturated heterocycles. The Hall–Kier alpha value is -1.45. The van der Waals surface area contributed by atoms with Gasteiger partial charge in [0.05, 0.1) is 5.52 Å². The summed E-state index contributed by atoms with van der Waals surface area (Å²) in [5.74, 6) is 0. The van der Waals surface area contributed by atoms with Gasteiger partial charge in [-0.15, -0.1) is 0 Å². The SMILES string of the molecule is CC(C)(C)C(O)(CN)c1cccc2cccnc12. The lowest BCUT2D eigenvalue weighted by molar-refractivity contribution is -0.0546. The first-order valence-electron chi connectivity index (χ1n) is 6.17. The molecule has 18 heavy (non-hydrogen) atoms. The molecule has 2 aromatic rings. The molecular formula is C15H20N2O. The van der Waals surface area contributed by atoms with Crippen LogP contribution in [0.25, 0.3) is 10.9 Å². The second-order valence-electron chi connectivity index (χ2n) is 5.70. The summed E-state index contributed by atoms with van der Waals surface area (Å²) in [6.07, 6.45) is 1.74. The molecule has 2 rings (SSSR count). The molecule has 0 saturated carbocycles. The highest BCUT2D eigenvalue weighted by Gasteiger charge is 2.41.